The summed E-state index contributed by atoms with van der Waals surface area (Å²) in [6, 6.07) is -0.818. The number of carboxylic acid groups (broad SMARTS) is 2. The van der Waals surface area contributed by atoms with Gasteiger partial charge in [-0.3, -0.25) is 9.59 Å². The summed E-state index contributed by atoms with van der Waals surface area (Å²) in [5.74, 6) is -2.04. The summed E-state index contributed by atoms with van der Waals surface area (Å²) >= 11 is 0. The second-order valence-electron chi connectivity index (χ2n) is 2.77. The maximum atomic E-state index is 10.6. The number of hydrogen-bond acceptors (Lipinski definition) is 4. The highest BCUT2D eigenvalue weighted by atomic mass is 16.5. The topological polar surface area (TPSA) is 95.9 Å². The van der Waals surface area contributed by atoms with E-state index in [9.17, 15) is 9.59 Å². The van der Waals surface area contributed by atoms with Gasteiger partial charge in [0.2, 0.25) is 0 Å². The number of methoxy groups -OCH3 is 1. The van der Waals surface area contributed by atoms with Crippen LogP contribution in [0, 0.1) is 0 Å². The fraction of sp³-hybridized carbons (Fsp3) is 0.750. The van der Waals surface area contributed by atoms with Crippen LogP contribution in [0.3, 0.4) is 0 Å². The molecule has 0 amide bonds. The summed E-state index contributed by atoms with van der Waals surface area (Å²) < 4.78 is 4.73. The smallest absolute Gasteiger partial charge is 0.320 e. The molecule has 0 bridgehead atoms. The zero-order valence-corrected chi connectivity index (χ0v) is 8.02. The van der Waals surface area contributed by atoms with Crippen LogP contribution in [0.25, 0.3) is 0 Å². The standard InChI is InChI=1S/C8H15NO5/c1-14-5-4-9-6(8(12)13)2-3-7(10)11/h6,9H,2-5H2,1H3,(H,10,11)(H,12,13)/t6-/m0/s1. The largest absolute Gasteiger partial charge is 0.481 e. The second-order valence-corrected chi connectivity index (χ2v) is 2.77. The number of nitrogens with one attached hydrogen (secondary N) is 1. The fourth-order valence-corrected chi connectivity index (χ4v) is 0.916. The summed E-state index contributed by atoms with van der Waals surface area (Å²) in [5.41, 5.74) is 0. The molecule has 0 aliphatic heterocycles. The minimum Gasteiger partial charge on any atom is -0.481 e. The molecular formula is C8H15NO5. The average molecular weight is 205 g/mol. The Hall–Kier alpha value is -1.14. The van der Waals surface area contributed by atoms with Crippen molar-refractivity contribution in [1.82, 2.24) is 5.32 Å². The van der Waals surface area contributed by atoms with Gasteiger partial charge >= 0.3 is 11.9 Å². The molecular weight excluding hydrogens is 190 g/mol. The molecule has 1 atom stereocenters. The number of aliphatic carboxylic acids is 2. The molecule has 0 saturated heterocycles. The van der Waals surface area contributed by atoms with Gasteiger partial charge in [0.25, 0.3) is 0 Å². The van der Waals surface area contributed by atoms with E-state index in [1.807, 2.05) is 0 Å². The molecule has 0 aliphatic carbocycles. The van der Waals surface area contributed by atoms with Gasteiger partial charge in [0.1, 0.15) is 6.04 Å². The summed E-state index contributed by atoms with van der Waals surface area (Å²) in [4.78, 5) is 20.8. The Morgan fingerprint density at radius 1 is 1.43 bits per heavy atom. The highest BCUT2D eigenvalue weighted by Crippen LogP contribution is 1.97. The number of rotatable bonds is 8. The van der Waals surface area contributed by atoms with Crippen molar-refractivity contribution in [3.8, 4) is 0 Å². The normalized spacial score (nSPS) is 12.4. The van der Waals surface area contributed by atoms with E-state index in [1.165, 1.54) is 7.11 Å². The van der Waals surface area contributed by atoms with Crippen LogP contribution >= 0.6 is 0 Å². The maximum absolute atomic E-state index is 10.6. The summed E-state index contributed by atoms with van der Waals surface area (Å²) in [6.45, 7) is 0.796. The number of hydrogen-bond donors (Lipinski definition) is 3. The van der Waals surface area contributed by atoms with Crippen molar-refractivity contribution < 1.29 is 24.5 Å². The van der Waals surface area contributed by atoms with Gasteiger partial charge < -0.3 is 20.3 Å². The lowest BCUT2D eigenvalue weighted by Gasteiger charge is -2.12. The minimum absolute atomic E-state index is 0.0778. The monoisotopic (exact) mass is 205 g/mol. The first-order chi connectivity index (χ1) is 6.57. The summed E-state index contributed by atoms with van der Waals surface area (Å²) in [5, 5.41) is 19.7. The highest BCUT2D eigenvalue weighted by molar-refractivity contribution is 5.75. The van der Waals surface area contributed by atoms with Crippen molar-refractivity contribution in [3.05, 3.63) is 0 Å². The molecule has 0 fully saturated rings. The van der Waals surface area contributed by atoms with Crippen molar-refractivity contribution in [1.29, 1.82) is 0 Å². The lowest BCUT2D eigenvalue weighted by Crippen LogP contribution is -2.38. The van der Waals surface area contributed by atoms with Gasteiger partial charge in [0.15, 0.2) is 0 Å². The van der Waals surface area contributed by atoms with Crippen LogP contribution in [0.15, 0.2) is 0 Å². The van der Waals surface area contributed by atoms with Crippen LogP contribution in [0.1, 0.15) is 12.8 Å². The van der Waals surface area contributed by atoms with Crippen LogP contribution in [-0.4, -0.2) is 48.5 Å². The number of carbonyl (C=O) groups is 2. The number of carboxylic acids is 2. The van der Waals surface area contributed by atoms with Crippen LogP contribution in [0.4, 0.5) is 0 Å². The molecule has 0 heterocycles. The molecule has 14 heavy (non-hydrogen) atoms. The molecule has 0 aliphatic rings. The molecule has 0 spiro atoms. The molecule has 6 nitrogen and oxygen atoms in total. The molecule has 0 rings (SSSR count). The van der Waals surface area contributed by atoms with Crippen molar-refractivity contribution in [2.45, 2.75) is 18.9 Å². The van der Waals surface area contributed by atoms with E-state index in [2.05, 4.69) is 5.32 Å². The first-order valence-corrected chi connectivity index (χ1v) is 4.25. The van der Waals surface area contributed by atoms with Gasteiger partial charge in [0.05, 0.1) is 6.61 Å². The van der Waals surface area contributed by atoms with E-state index < -0.39 is 18.0 Å². The third-order valence-corrected chi connectivity index (χ3v) is 1.64. The Balaban J connectivity index is 3.78. The first kappa shape index (κ1) is 12.9. The molecule has 0 aromatic heterocycles. The SMILES string of the molecule is COCCN[C@@H](CCC(=O)O)C(=O)O. The first-order valence-electron chi connectivity index (χ1n) is 4.25. The third kappa shape index (κ3) is 6.38. The Kier molecular flexibility index (Phi) is 6.69. The maximum Gasteiger partial charge on any atom is 0.320 e. The van der Waals surface area contributed by atoms with Crippen LogP contribution in [-0.2, 0) is 14.3 Å². The van der Waals surface area contributed by atoms with Gasteiger partial charge in [-0.05, 0) is 6.42 Å². The minimum atomic E-state index is -1.04. The van der Waals surface area contributed by atoms with Crippen molar-refractivity contribution in [2.75, 3.05) is 20.3 Å². The molecule has 3 N–H and O–H groups in total. The van der Waals surface area contributed by atoms with E-state index in [-0.39, 0.29) is 12.8 Å². The lowest BCUT2D eigenvalue weighted by atomic mass is 10.1. The molecule has 6 heteroatoms. The van der Waals surface area contributed by atoms with E-state index >= 15 is 0 Å². The Bertz CT molecular complexity index is 194. The zero-order chi connectivity index (χ0) is 11.0. The van der Waals surface area contributed by atoms with Crippen LogP contribution in [0.2, 0.25) is 0 Å². The Labute approximate surface area is 81.9 Å². The summed E-state index contributed by atoms with van der Waals surface area (Å²) in [7, 11) is 1.51. The third-order valence-electron chi connectivity index (χ3n) is 1.64. The van der Waals surface area contributed by atoms with Crippen LogP contribution < -0.4 is 5.32 Å². The van der Waals surface area contributed by atoms with E-state index in [0.717, 1.165) is 0 Å². The number of ether oxygens (including phenoxy) is 1. The zero-order valence-electron chi connectivity index (χ0n) is 8.02. The molecule has 0 radical (unpaired) electrons. The van der Waals surface area contributed by atoms with Gasteiger partial charge in [0, 0.05) is 20.1 Å². The van der Waals surface area contributed by atoms with Gasteiger partial charge in [-0.25, -0.2) is 0 Å². The second kappa shape index (κ2) is 7.28. The highest BCUT2D eigenvalue weighted by Gasteiger charge is 2.17. The summed E-state index contributed by atoms with van der Waals surface area (Å²) in [6.07, 6.45) is -0.0780. The van der Waals surface area contributed by atoms with E-state index in [0.29, 0.717) is 13.2 Å². The fourth-order valence-electron chi connectivity index (χ4n) is 0.916. The predicted molar refractivity (Wildman–Crippen MR) is 48.2 cm³/mol. The van der Waals surface area contributed by atoms with Crippen LogP contribution in [0.5, 0.6) is 0 Å². The quantitative estimate of drug-likeness (QED) is 0.464. The average Bonchev–Trinajstić information content (AvgIpc) is 2.10. The van der Waals surface area contributed by atoms with Crippen molar-refractivity contribution in [2.24, 2.45) is 0 Å². The van der Waals surface area contributed by atoms with E-state index in [1.54, 1.807) is 0 Å². The van der Waals surface area contributed by atoms with E-state index in [4.69, 9.17) is 14.9 Å². The lowest BCUT2D eigenvalue weighted by molar-refractivity contribution is -0.140. The van der Waals surface area contributed by atoms with Gasteiger partial charge in [-0.15, -0.1) is 0 Å². The molecule has 0 aromatic carbocycles. The van der Waals surface area contributed by atoms with Gasteiger partial charge in [-0.2, -0.15) is 0 Å². The Morgan fingerprint density at radius 2 is 2.07 bits per heavy atom. The molecule has 0 saturated carbocycles. The molecule has 0 aromatic rings. The Morgan fingerprint density at radius 3 is 2.50 bits per heavy atom. The molecule has 0 unspecified atom stereocenters. The van der Waals surface area contributed by atoms with Crippen molar-refractivity contribution >= 4 is 11.9 Å². The van der Waals surface area contributed by atoms with Gasteiger partial charge in [-0.1, -0.05) is 0 Å². The van der Waals surface area contributed by atoms with Crippen molar-refractivity contribution in [3.63, 3.8) is 0 Å². The predicted octanol–water partition coefficient (Wildman–Crippen LogP) is -0.460. The molecule has 82 valence electrons.